The van der Waals surface area contributed by atoms with Crippen LogP contribution in [0.25, 0.3) is 10.9 Å². The van der Waals surface area contributed by atoms with Crippen molar-refractivity contribution in [1.29, 1.82) is 0 Å². The lowest BCUT2D eigenvalue weighted by Gasteiger charge is -2.26. The largest absolute Gasteiger partial charge is 0.443 e. The SMILES string of the molecule is C=CCC(c1cn(C(=O)OC(C)(C)C)c2ccccc12)N(C)C(=O)C=C. The van der Waals surface area contributed by atoms with Gasteiger partial charge in [0.05, 0.1) is 11.6 Å². The summed E-state index contributed by atoms with van der Waals surface area (Å²) in [5.74, 6) is -0.189. The van der Waals surface area contributed by atoms with Crippen molar-refractivity contribution >= 4 is 22.9 Å². The first-order valence-electron chi connectivity index (χ1n) is 8.53. The first-order valence-corrected chi connectivity index (χ1v) is 8.53. The number of aromatic nitrogens is 1. The number of carbonyl (C=O) groups is 2. The predicted octanol–water partition coefficient (Wildman–Crippen LogP) is 4.69. The molecular weight excluding hydrogens is 328 g/mol. The number of fused-ring (bicyclic) bond motifs is 1. The summed E-state index contributed by atoms with van der Waals surface area (Å²) in [6, 6.07) is 7.32. The molecule has 2 rings (SSSR count). The van der Waals surface area contributed by atoms with Gasteiger partial charge in [0, 0.05) is 24.2 Å². The van der Waals surface area contributed by atoms with Gasteiger partial charge in [0.15, 0.2) is 0 Å². The normalized spacial score (nSPS) is 12.5. The molecule has 0 spiro atoms. The van der Waals surface area contributed by atoms with Crippen molar-refractivity contribution in [3.8, 4) is 0 Å². The van der Waals surface area contributed by atoms with E-state index in [1.165, 1.54) is 10.6 Å². The second kappa shape index (κ2) is 7.60. The zero-order valence-corrected chi connectivity index (χ0v) is 15.9. The molecule has 1 aromatic carbocycles. The Labute approximate surface area is 154 Å². The quantitative estimate of drug-likeness (QED) is 0.578. The van der Waals surface area contributed by atoms with Gasteiger partial charge in [-0.15, -0.1) is 6.58 Å². The van der Waals surface area contributed by atoms with E-state index in [1.807, 2.05) is 45.0 Å². The van der Waals surface area contributed by atoms with Gasteiger partial charge in [-0.3, -0.25) is 9.36 Å². The van der Waals surface area contributed by atoms with Gasteiger partial charge >= 0.3 is 6.09 Å². The van der Waals surface area contributed by atoms with Gasteiger partial charge in [0.1, 0.15) is 5.60 Å². The van der Waals surface area contributed by atoms with Crippen LogP contribution in [-0.2, 0) is 9.53 Å². The van der Waals surface area contributed by atoms with Crippen molar-refractivity contribution in [3.63, 3.8) is 0 Å². The molecule has 0 aliphatic rings. The lowest BCUT2D eigenvalue weighted by Crippen LogP contribution is -2.29. The van der Waals surface area contributed by atoms with Crippen molar-refractivity contribution in [3.05, 3.63) is 61.3 Å². The maximum absolute atomic E-state index is 12.7. The molecule has 138 valence electrons. The van der Waals surface area contributed by atoms with Crippen molar-refractivity contribution in [2.24, 2.45) is 0 Å². The number of benzene rings is 1. The first-order chi connectivity index (χ1) is 12.2. The number of amides is 1. The molecule has 0 saturated heterocycles. The van der Waals surface area contributed by atoms with Crippen LogP contribution in [0.1, 0.15) is 38.8 Å². The van der Waals surface area contributed by atoms with Gasteiger partial charge < -0.3 is 9.64 Å². The summed E-state index contributed by atoms with van der Waals surface area (Å²) in [5.41, 5.74) is 1.01. The van der Waals surface area contributed by atoms with E-state index in [1.54, 1.807) is 24.2 Å². The Morgan fingerprint density at radius 2 is 1.92 bits per heavy atom. The second-order valence-electron chi connectivity index (χ2n) is 7.15. The number of nitrogens with zero attached hydrogens (tertiary/aromatic N) is 2. The summed E-state index contributed by atoms with van der Waals surface area (Å²) < 4.78 is 7.02. The van der Waals surface area contributed by atoms with Gasteiger partial charge in [-0.1, -0.05) is 30.9 Å². The van der Waals surface area contributed by atoms with Crippen LogP contribution in [0.2, 0.25) is 0 Å². The minimum atomic E-state index is -0.598. The van der Waals surface area contributed by atoms with E-state index in [4.69, 9.17) is 4.74 Å². The number of rotatable bonds is 5. The van der Waals surface area contributed by atoms with Crippen LogP contribution in [0.5, 0.6) is 0 Å². The molecule has 0 radical (unpaired) electrons. The molecule has 5 nitrogen and oxygen atoms in total. The number of likely N-dealkylation sites (N-methyl/N-ethyl adjacent to an activating group) is 1. The molecule has 5 heteroatoms. The monoisotopic (exact) mass is 354 g/mol. The molecule has 1 heterocycles. The van der Waals surface area contributed by atoms with Crippen molar-refractivity contribution < 1.29 is 14.3 Å². The van der Waals surface area contributed by atoms with E-state index in [0.29, 0.717) is 6.42 Å². The highest BCUT2D eigenvalue weighted by Gasteiger charge is 2.26. The van der Waals surface area contributed by atoms with Crippen LogP contribution in [0.3, 0.4) is 0 Å². The van der Waals surface area contributed by atoms with Crippen LogP contribution in [0.4, 0.5) is 4.79 Å². The molecule has 1 amide bonds. The Balaban J connectivity index is 2.59. The standard InChI is InChI=1S/C21H26N2O3/c1-7-11-17(22(6)19(24)8-2)16-14-23(20(25)26-21(3,4)5)18-13-10-9-12-15(16)18/h7-10,12-14,17H,1-2,11H2,3-6H3. The van der Waals surface area contributed by atoms with Gasteiger partial charge in [0.25, 0.3) is 0 Å². The molecule has 1 unspecified atom stereocenters. The third-order valence-corrected chi connectivity index (χ3v) is 4.07. The van der Waals surface area contributed by atoms with Crippen LogP contribution in [0, 0.1) is 0 Å². The Morgan fingerprint density at radius 1 is 1.27 bits per heavy atom. The molecule has 0 saturated carbocycles. The first kappa shape index (κ1) is 19.5. The van der Waals surface area contributed by atoms with Gasteiger partial charge in [-0.05, 0) is 39.3 Å². The zero-order chi connectivity index (χ0) is 19.5. The van der Waals surface area contributed by atoms with E-state index in [9.17, 15) is 9.59 Å². The van der Waals surface area contributed by atoms with Crippen molar-refractivity contribution in [2.45, 2.75) is 38.8 Å². The van der Waals surface area contributed by atoms with E-state index in [0.717, 1.165) is 16.5 Å². The summed E-state index contributed by atoms with van der Waals surface area (Å²) in [5, 5.41) is 0.897. The Kier molecular flexibility index (Phi) is 5.70. The lowest BCUT2D eigenvalue weighted by molar-refractivity contribution is -0.126. The van der Waals surface area contributed by atoms with E-state index in [2.05, 4.69) is 13.2 Å². The summed E-state index contributed by atoms with van der Waals surface area (Å²) in [4.78, 5) is 26.4. The van der Waals surface area contributed by atoms with Gasteiger partial charge in [-0.25, -0.2) is 4.79 Å². The smallest absolute Gasteiger partial charge is 0.419 e. The van der Waals surface area contributed by atoms with E-state index >= 15 is 0 Å². The second-order valence-corrected chi connectivity index (χ2v) is 7.15. The summed E-state index contributed by atoms with van der Waals surface area (Å²) >= 11 is 0. The predicted molar refractivity (Wildman–Crippen MR) is 104 cm³/mol. The van der Waals surface area contributed by atoms with Crippen LogP contribution >= 0.6 is 0 Å². The molecule has 2 aromatic rings. The zero-order valence-electron chi connectivity index (χ0n) is 15.9. The highest BCUT2D eigenvalue weighted by atomic mass is 16.6. The number of hydrogen-bond acceptors (Lipinski definition) is 3. The maximum atomic E-state index is 12.7. The fourth-order valence-electron chi connectivity index (χ4n) is 2.88. The third-order valence-electron chi connectivity index (χ3n) is 4.07. The van der Waals surface area contributed by atoms with Crippen molar-refractivity contribution in [1.82, 2.24) is 9.47 Å². The highest BCUT2D eigenvalue weighted by Crippen LogP contribution is 2.32. The van der Waals surface area contributed by atoms with E-state index in [-0.39, 0.29) is 11.9 Å². The molecule has 0 N–H and O–H groups in total. The number of ether oxygens (including phenoxy) is 1. The Hall–Kier alpha value is -2.82. The lowest BCUT2D eigenvalue weighted by atomic mass is 10.0. The number of hydrogen-bond donors (Lipinski definition) is 0. The van der Waals surface area contributed by atoms with Crippen LogP contribution < -0.4 is 0 Å². The third kappa shape index (κ3) is 4.04. The maximum Gasteiger partial charge on any atom is 0.419 e. The number of para-hydroxylation sites is 1. The number of carbonyl (C=O) groups excluding carboxylic acids is 2. The minimum Gasteiger partial charge on any atom is -0.443 e. The molecule has 0 fully saturated rings. The summed E-state index contributed by atoms with van der Waals surface area (Å²) in [7, 11) is 1.72. The molecule has 0 bridgehead atoms. The molecule has 1 aromatic heterocycles. The summed E-state index contributed by atoms with van der Waals surface area (Å²) in [6.07, 6.45) is 4.90. The topological polar surface area (TPSA) is 51.5 Å². The van der Waals surface area contributed by atoms with Crippen LogP contribution in [-0.4, -0.2) is 34.1 Å². The average Bonchev–Trinajstić information content (AvgIpc) is 2.96. The fraction of sp³-hybridized carbons (Fsp3) is 0.333. The average molecular weight is 354 g/mol. The van der Waals surface area contributed by atoms with E-state index < -0.39 is 11.7 Å². The summed E-state index contributed by atoms with van der Waals surface area (Å²) in [6.45, 7) is 12.8. The fourth-order valence-corrected chi connectivity index (χ4v) is 2.88. The molecule has 0 aliphatic carbocycles. The van der Waals surface area contributed by atoms with Crippen molar-refractivity contribution in [2.75, 3.05) is 7.05 Å². The molecule has 0 aliphatic heterocycles. The molecular formula is C21H26N2O3. The Bertz CT molecular complexity index is 843. The minimum absolute atomic E-state index is 0.189. The Morgan fingerprint density at radius 3 is 2.50 bits per heavy atom. The van der Waals surface area contributed by atoms with Gasteiger partial charge in [-0.2, -0.15) is 0 Å². The van der Waals surface area contributed by atoms with Crippen LogP contribution in [0.15, 0.2) is 55.8 Å². The highest BCUT2D eigenvalue weighted by molar-refractivity contribution is 5.93. The molecule has 26 heavy (non-hydrogen) atoms. The van der Waals surface area contributed by atoms with Gasteiger partial charge in [0.2, 0.25) is 5.91 Å². The molecule has 1 atom stereocenters.